The fraction of sp³-hybridized carbons (Fsp3) is 0.948. The summed E-state index contributed by atoms with van der Waals surface area (Å²) in [4.78, 5) is 37.1. The maximum atomic E-state index is 12.8. The number of rotatable bonds is 55. The molecule has 0 aliphatic heterocycles. The minimum atomic E-state index is -1.61. The molecule has 2 unspecified atom stereocenters. The topological polar surface area (TPSA) is 111 Å². The Hall–Kier alpha value is -1.71. The van der Waals surface area contributed by atoms with Gasteiger partial charge in [-0.1, -0.05) is 271 Å². The van der Waals surface area contributed by atoms with Gasteiger partial charge in [-0.25, -0.2) is 0 Å². The van der Waals surface area contributed by atoms with Crippen LogP contribution in [0.15, 0.2) is 0 Å². The number of ether oxygens (including phenoxy) is 4. The number of carboxylic acid groups (broad SMARTS) is 1. The normalized spacial score (nSPS) is 12.7. The fourth-order valence-corrected chi connectivity index (χ4v) is 8.83. The third kappa shape index (κ3) is 52.0. The van der Waals surface area contributed by atoms with Gasteiger partial charge in [0.05, 0.1) is 40.3 Å². The van der Waals surface area contributed by atoms with E-state index in [1.165, 1.54) is 231 Å². The molecule has 0 aromatic rings. The van der Waals surface area contributed by atoms with Crippen molar-refractivity contribution < 1.29 is 42.9 Å². The van der Waals surface area contributed by atoms with Crippen LogP contribution in [-0.4, -0.2) is 82.3 Å². The molecule has 0 saturated carbocycles. The van der Waals surface area contributed by atoms with Crippen molar-refractivity contribution in [3.8, 4) is 0 Å². The van der Waals surface area contributed by atoms with E-state index in [1.807, 2.05) is 21.1 Å². The van der Waals surface area contributed by atoms with Gasteiger partial charge in [-0.15, -0.1) is 0 Å². The molecule has 0 aromatic carbocycles. The number of quaternary nitrogens is 1. The lowest BCUT2D eigenvalue weighted by Gasteiger charge is -2.26. The molecule has 0 heterocycles. The van der Waals surface area contributed by atoms with Gasteiger partial charge in [0.1, 0.15) is 13.2 Å². The number of carboxylic acids is 1. The van der Waals surface area contributed by atoms with Crippen molar-refractivity contribution >= 4 is 17.9 Å². The van der Waals surface area contributed by atoms with E-state index in [2.05, 4.69) is 13.8 Å². The van der Waals surface area contributed by atoms with Crippen molar-refractivity contribution in [3.63, 3.8) is 0 Å². The first-order chi connectivity index (χ1) is 32.6. The van der Waals surface area contributed by atoms with Crippen molar-refractivity contribution in [2.45, 2.75) is 309 Å². The third-order valence-electron chi connectivity index (χ3n) is 13.4. The lowest BCUT2D eigenvalue weighted by molar-refractivity contribution is -0.870. The van der Waals surface area contributed by atoms with Crippen molar-refractivity contribution in [2.24, 2.45) is 0 Å². The molecular formula is C58H113NO8. The molecule has 0 fully saturated rings. The summed E-state index contributed by atoms with van der Waals surface area (Å²) in [6.45, 7) is 4.79. The van der Waals surface area contributed by atoms with Crippen LogP contribution in [0, 0.1) is 0 Å². The Morgan fingerprint density at radius 3 is 0.955 bits per heavy atom. The summed E-state index contributed by atoms with van der Waals surface area (Å²) in [6, 6.07) is 0. The van der Waals surface area contributed by atoms with E-state index in [0.29, 0.717) is 17.4 Å². The van der Waals surface area contributed by atoms with Gasteiger partial charge in [0.15, 0.2) is 12.4 Å². The van der Waals surface area contributed by atoms with Crippen LogP contribution in [0.2, 0.25) is 0 Å². The minimum absolute atomic E-state index is 0.153. The van der Waals surface area contributed by atoms with E-state index in [1.54, 1.807) is 0 Å². The van der Waals surface area contributed by atoms with Gasteiger partial charge in [0, 0.05) is 12.8 Å². The van der Waals surface area contributed by atoms with Crippen LogP contribution < -0.4 is 5.11 Å². The second-order valence-electron chi connectivity index (χ2n) is 21.3. The monoisotopic (exact) mass is 952 g/mol. The van der Waals surface area contributed by atoms with E-state index in [9.17, 15) is 19.5 Å². The predicted octanol–water partition coefficient (Wildman–Crippen LogP) is 15.5. The van der Waals surface area contributed by atoms with E-state index in [0.717, 1.165) is 38.5 Å². The van der Waals surface area contributed by atoms with Gasteiger partial charge in [0.2, 0.25) is 0 Å². The lowest BCUT2D eigenvalue weighted by atomic mass is 10.0. The number of carbonyl (C=O) groups excluding carboxylic acids is 3. The number of likely N-dealkylation sites (N-methyl/N-ethyl adjacent to an activating group) is 1. The van der Waals surface area contributed by atoms with E-state index >= 15 is 0 Å². The molecule has 0 aromatic heterocycles. The second kappa shape index (κ2) is 50.7. The number of hydrogen-bond donors (Lipinski definition) is 0. The summed E-state index contributed by atoms with van der Waals surface area (Å²) in [5.74, 6) is -2.26. The van der Waals surface area contributed by atoms with E-state index < -0.39 is 24.3 Å². The molecule has 67 heavy (non-hydrogen) atoms. The number of carbonyl (C=O) groups is 3. The maximum absolute atomic E-state index is 12.8. The van der Waals surface area contributed by atoms with E-state index in [4.69, 9.17) is 18.9 Å². The predicted molar refractivity (Wildman–Crippen MR) is 279 cm³/mol. The highest BCUT2D eigenvalue weighted by atomic mass is 16.7. The van der Waals surface area contributed by atoms with Crippen LogP contribution in [0.3, 0.4) is 0 Å². The quantitative estimate of drug-likeness (QED) is 0.0256. The summed E-state index contributed by atoms with van der Waals surface area (Å²) in [5, 5.41) is 11.7. The molecule has 0 spiro atoms. The number of aliphatic carboxylic acids is 1. The molecule has 0 saturated heterocycles. The van der Waals surface area contributed by atoms with Crippen LogP contribution >= 0.6 is 0 Å². The van der Waals surface area contributed by atoms with Gasteiger partial charge < -0.3 is 33.3 Å². The molecule has 0 radical (unpaired) electrons. The first kappa shape index (κ1) is 65.3. The second-order valence-corrected chi connectivity index (χ2v) is 21.3. The Labute approximate surface area is 415 Å². The number of hydrogen-bond acceptors (Lipinski definition) is 8. The van der Waals surface area contributed by atoms with Crippen LogP contribution in [0.25, 0.3) is 0 Å². The lowest BCUT2D eigenvalue weighted by Crippen LogP contribution is -2.44. The number of esters is 2. The summed E-state index contributed by atoms with van der Waals surface area (Å²) in [6.07, 6.45) is 53.2. The molecular weight excluding hydrogens is 839 g/mol. The number of nitrogens with zero attached hydrogens (tertiary/aromatic N) is 1. The highest BCUT2D eigenvalue weighted by Gasteiger charge is 2.22. The summed E-state index contributed by atoms with van der Waals surface area (Å²) in [5.41, 5.74) is 0. The molecule has 0 aliphatic rings. The Morgan fingerprint density at radius 1 is 0.388 bits per heavy atom. The zero-order chi connectivity index (χ0) is 49.2. The van der Waals surface area contributed by atoms with Gasteiger partial charge in [-0.05, 0) is 12.8 Å². The highest BCUT2D eigenvalue weighted by molar-refractivity contribution is 5.70. The highest BCUT2D eigenvalue weighted by Crippen LogP contribution is 2.18. The Kier molecular flexibility index (Phi) is 49.4. The molecule has 0 aliphatic carbocycles. The molecule has 2 atom stereocenters. The standard InChI is InChI=1S/C58H113NO8/c1-6-8-10-12-14-16-18-19-20-21-22-23-24-25-26-27-28-29-30-31-32-33-34-35-36-37-39-41-43-45-47-49-56(61)67-54(53-66-58(57(62)63)64-51-50-59(3,4)5)52-65-55(60)48-46-44-42-40-38-17-15-13-11-9-7-2/h54,58H,6-53H2,1-5H3. The summed E-state index contributed by atoms with van der Waals surface area (Å²) >= 11 is 0. The maximum Gasteiger partial charge on any atom is 0.306 e. The smallest absolute Gasteiger partial charge is 0.306 e. The van der Waals surface area contributed by atoms with Crippen molar-refractivity contribution in [1.82, 2.24) is 0 Å². The molecule has 9 nitrogen and oxygen atoms in total. The first-order valence-electron chi connectivity index (χ1n) is 29.2. The molecule has 0 rings (SSSR count). The van der Waals surface area contributed by atoms with Crippen molar-refractivity contribution in [1.29, 1.82) is 0 Å². The molecule has 398 valence electrons. The van der Waals surface area contributed by atoms with Gasteiger partial charge in [-0.3, -0.25) is 9.59 Å². The third-order valence-corrected chi connectivity index (χ3v) is 13.4. The summed E-state index contributed by atoms with van der Waals surface area (Å²) < 4.78 is 22.7. The number of unbranched alkanes of at least 4 members (excludes halogenated alkanes) is 40. The molecule has 0 N–H and O–H groups in total. The first-order valence-corrected chi connectivity index (χ1v) is 29.2. The van der Waals surface area contributed by atoms with Crippen molar-refractivity contribution in [3.05, 3.63) is 0 Å². The van der Waals surface area contributed by atoms with Crippen LogP contribution in [0.1, 0.15) is 296 Å². The van der Waals surface area contributed by atoms with Crippen LogP contribution in [0.4, 0.5) is 0 Å². The molecule has 9 heteroatoms. The molecule has 0 amide bonds. The Morgan fingerprint density at radius 2 is 0.672 bits per heavy atom. The minimum Gasteiger partial charge on any atom is -0.545 e. The van der Waals surface area contributed by atoms with Gasteiger partial charge in [0.25, 0.3) is 0 Å². The largest absolute Gasteiger partial charge is 0.545 e. The Bertz CT molecular complexity index is 1060. The average molecular weight is 953 g/mol. The van der Waals surface area contributed by atoms with E-state index in [-0.39, 0.29) is 32.2 Å². The molecule has 0 bridgehead atoms. The summed E-state index contributed by atoms with van der Waals surface area (Å²) in [7, 11) is 5.93. The van der Waals surface area contributed by atoms with Crippen LogP contribution in [-0.2, 0) is 33.3 Å². The zero-order valence-corrected chi connectivity index (χ0v) is 45.3. The van der Waals surface area contributed by atoms with Gasteiger partial charge >= 0.3 is 11.9 Å². The SMILES string of the molecule is CCCCCCCCCCCCCCCCCCCCCCCCCCCCCCCCCC(=O)OC(COC(=O)CCCCCCCCCCCCC)COC(OCC[N+](C)(C)C)C(=O)[O-]. The Balaban J connectivity index is 4.00. The fourth-order valence-electron chi connectivity index (χ4n) is 8.83. The average Bonchev–Trinajstić information content (AvgIpc) is 3.29. The van der Waals surface area contributed by atoms with Gasteiger partial charge in [-0.2, -0.15) is 0 Å². The zero-order valence-electron chi connectivity index (χ0n) is 45.3. The van der Waals surface area contributed by atoms with Crippen molar-refractivity contribution in [2.75, 3.05) is 47.5 Å². The van der Waals surface area contributed by atoms with Crippen LogP contribution in [0.5, 0.6) is 0 Å².